The molecule has 1 atom stereocenters. The number of carbonyl (C=O) groups excluding carboxylic acids is 2. The van der Waals surface area contributed by atoms with Crippen molar-refractivity contribution in [2.75, 3.05) is 20.2 Å². The Morgan fingerprint density at radius 3 is 2.60 bits per heavy atom. The molecular formula is C21H26FIN2O4S. The van der Waals surface area contributed by atoms with Gasteiger partial charge in [0.15, 0.2) is 0 Å². The van der Waals surface area contributed by atoms with Crippen LogP contribution >= 0.6 is 30.3 Å². The second-order valence-corrected chi connectivity index (χ2v) is 10.3. The Morgan fingerprint density at radius 2 is 2.00 bits per heavy atom. The van der Waals surface area contributed by atoms with Crippen LogP contribution in [-0.2, 0) is 19.8 Å². The molecule has 1 saturated heterocycles. The van der Waals surface area contributed by atoms with E-state index in [2.05, 4.69) is 33.0 Å². The molecule has 0 radical (unpaired) electrons. The summed E-state index contributed by atoms with van der Waals surface area (Å²) < 4.78 is 26.6. The van der Waals surface area contributed by atoms with E-state index >= 15 is 0 Å². The number of ether oxygens (including phenoxy) is 2. The lowest BCUT2D eigenvalue weighted by molar-refractivity contribution is -0.157. The van der Waals surface area contributed by atoms with Crippen LogP contribution in [0.25, 0.3) is 10.9 Å². The summed E-state index contributed by atoms with van der Waals surface area (Å²) >= 11 is 2.15. The van der Waals surface area contributed by atoms with E-state index in [9.17, 15) is 14.0 Å². The van der Waals surface area contributed by atoms with Crippen molar-refractivity contribution in [2.45, 2.75) is 51.7 Å². The van der Waals surface area contributed by atoms with Crippen molar-refractivity contribution in [3.8, 4) is 0 Å². The van der Waals surface area contributed by atoms with Crippen molar-refractivity contribution in [1.82, 2.24) is 8.87 Å². The fourth-order valence-corrected chi connectivity index (χ4v) is 5.89. The number of nitrogens with zero attached hydrogens (tertiary/aromatic N) is 2. The predicted molar refractivity (Wildman–Crippen MR) is 124 cm³/mol. The maximum atomic E-state index is 14.3. The number of fused-ring (bicyclic) bond motifs is 1. The summed E-state index contributed by atoms with van der Waals surface area (Å²) in [6.07, 6.45) is 1.75. The van der Waals surface area contributed by atoms with Gasteiger partial charge in [0.25, 0.3) is 0 Å². The van der Waals surface area contributed by atoms with Crippen LogP contribution in [0.2, 0.25) is 0 Å². The van der Waals surface area contributed by atoms with E-state index in [1.807, 2.05) is 30.8 Å². The Bertz CT molecular complexity index is 988. The van der Waals surface area contributed by atoms with E-state index in [-0.39, 0.29) is 18.1 Å². The zero-order chi connectivity index (χ0) is 22.3. The van der Waals surface area contributed by atoms with Crippen molar-refractivity contribution in [1.29, 1.82) is 0 Å². The number of benzene rings is 1. The van der Waals surface area contributed by atoms with Gasteiger partial charge >= 0.3 is 11.9 Å². The summed E-state index contributed by atoms with van der Waals surface area (Å²) in [5.74, 6) is -1.35. The molecule has 30 heavy (non-hydrogen) atoms. The van der Waals surface area contributed by atoms with E-state index in [0.29, 0.717) is 10.9 Å². The van der Waals surface area contributed by atoms with Gasteiger partial charge in [0.1, 0.15) is 11.4 Å². The molecular weight excluding hydrogens is 522 g/mol. The van der Waals surface area contributed by atoms with E-state index < -0.39 is 22.9 Å². The number of likely N-dealkylation sites (tertiary alicyclic amines) is 1. The highest BCUT2D eigenvalue weighted by atomic mass is 127. The topological polar surface area (TPSA) is 60.8 Å². The van der Waals surface area contributed by atoms with Gasteiger partial charge in [-0.05, 0) is 65.3 Å². The molecule has 0 bridgehead atoms. The number of esters is 2. The van der Waals surface area contributed by atoms with Crippen LogP contribution in [0.15, 0.2) is 18.2 Å². The van der Waals surface area contributed by atoms with Crippen LogP contribution in [-0.4, -0.2) is 46.6 Å². The molecule has 1 aromatic carbocycles. The second-order valence-electron chi connectivity index (χ2n) is 8.66. The van der Waals surface area contributed by atoms with Gasteiger partial charge in [-0.2, -0.15) is 0 Å². The highest BCUT2D eigenvalue weighted by molar-refractivity contribution is 14.2. The quantitative estimate of drug-likeness (QED) is 0.385. The molecule has 3 rings (SSSR count). The van der Waals surface area contributed by atoms with Gasteiger partial charge in [-0.25, -0.2) is 9.18 Å². The fourth-order valence-electron chi connectivity index (χ4n) is 4.07. The molecule has 0 aliphatic carbocycles. The largest absolute Gasteiger partial charge is 0.465 e. The third-order valence-electron chi connectivity index (χ3n) is 5.40. The minimum Gasteiger partial charge on any atom is -0.465 e. The predicted octanol–water partition coefficient (Wildman–Crippen LogP) is 5.07. The van der Waals surface area contributed by atoms with Gasteiger partial charge in [0, 0.05) is 35.7 Å². The monoisotopic (exact) mass is 548 g/mol. The summed E-state index contributed by atoms with van der Waals surface area (Å²) in [6, 6.07) is 4.54. The van der Waals surface area contributed by atoms with Gasteiger partial charge in [-0.1, -0.05) is 0 Å². The molecule has 1 aliphatic rings. The third-order valence-corrected chi connectivity index (χ3v) is 7.11. The van der Waals surface area contributed by atoms with Crippen molar-refractivity contribution in [3.05, 3.63) is 35.3 Å². The van der Waals surface area contributed by atoms with Crippen molar-refractivity contribution < 1.29 is 23.5 Å². The summed E-state index contributed by atoms with van der Waals surface area (Å²) in [5.41, 5.74) is 0.701. The minimum absolute atomic E-state index is 0.166. The van der Waals surface area contributed by atoms with Gasteiger partial charge in [-0.15, -0.1) is 0 Å². The summed E-state index contributed by atoms with van der Waals surface area (Å²) in [5, 5.41) is 0.632. The Morgan fingerprint density at radius 1 is 1.30 bits per heavy atom. The highest BCUT2D eigenvalue weighted by Crippen LogP contribution is 2.44. The molecule has 9 heteroatoms. The maximum absolute atomic E-state index is 14.3. The Balaban J connectivity index is 2.08. The fraction of sp³-hybridized carbons (Fsp3) is 0.524. The maximum Gasteiger partial charge on any atom is 0.338 e. The van der Waals surface area contributed by atoms with Gasteiger partial charge in [0.05, 0.1) is 36.0 Å². The minimum atomic E-state index is -0.580. The Kier molecular flexibility index (Phi) is 6.74. The zero-order valence-corrected chi connectivity index (χ0v) is 20.7. The number of methoxy groups -OCH3 is 1. The van der Waals surface area contributed by atoms with Crippen LogP contribution in [0.3, 0.4) is 0 Å². The third kappa shape index (κ3) is 4.47. The smallest absolute Gasteiger partial charge is 0.338 e. The first kappa shape index (κ1) is 23.3. The van der Waals surface area contributed by atoms with Gasteiger partial charge in [0.2, 0.25) is 0 Å². The molecule has 0 spiro atoms. The Labute approximate surface area is 192 Å². The van der Waals surface area contributed by atoms with Gasteiger partial charge in [-0.3, -0.25) is 13.7 Å². The first-order valence-electron chi connectivity index (χ1n) is 9.70. The highest BCUT2D eigenvalue weighted by Gasteiger charge is 2.42. The van der Waals surface area contributed by atoms with Crippen molar-refractivity contribution in [3.63, 3.8) is 0 Å². The van der Waals surface area contributed by atoms with Crippen molar-refractivity contribution in [2.24, 2.45) is 0 Å². The molecule has 1 aromatic heterocycles. The normalized spacial score (nSPS) is 20.0. The molecule has 2 aromatic rings. The summed E-state index contributed by atoms with van der Waals surface area (Å²) in [7, 11) is 2.69. The lowest BCUT2D eigenvalue weighted by atomic mass is 9.94. The standard InChI is InChI=1S/C21H26FIN2O4S/c1-20(2,3)29-18(26)12-24-8-6-7-21(24,4)17-11-14-15(19(27)28-5)9-13(22)10-16(14)25(17)30-23/h9-11H,6-8,12H2,1-5H3. The molecule has 164 valence electrons. The van der Waals surface area contributed by atoms with Crippen molar-refractivity contribution >= 4 is 53.2 Å². The molecule has 1 aliphatic heterocycles. The van der Waals surface area contributed by atoms with E-state index in [1.54, 1.807) is 0 Å². The van der Waals surface area contributed by atoms with Crippen LogP contribution in [0.1, 0.15) is 56.6 Å². The number of hydrogen-bond donors (Lipinski definition) is 0. The first-order valence-corrected chi connectivity index (χ1v) is 13.0. The number of hydrogen-bond acceptors (Lipinski definition) is 6. The van der Waals surface area contributed by atoms with Gasteiger partial charge < -0.3 is 9.47 Å². The summed E-state index contributed by atoms with van der Waals surface area (Å²) in [4.78, 5) is 26.9. The number of rotatable bonds is 5. The average Bonchev–Trinajstić information content (AvgIpc) is 3.20. The number of carbonyl (C=O) groups is 2. The molecule has 0 amide bonds. The number of halogens is 2. The number of aromatic nitrogens is 1. The van der Waals surface area contributed by atoms with Crippen LogP contribution in [0, 0.1) is 5.82 Å². The van der Waals surface area contributed by atoms with Crippen LogP contribution < -0.4 is 0 Å². The van der Waals surface area contributed by atoms with Crippen LogP contribution in [0.5, 0.6) is 0 Å². The molecule has 6 nitrogen and oxygen atoms in total. The Hall–Kier alpha value is -1.33. The zero-order valence-electron chi connectivity index (χ0n) is 17.8. The summed E-state index contributed by atoms with van der Waals surface area (Å²) in [6.45, 7) is 8.54. The first-order chi connectivity index (χ1) is 14.0. The molecule has 2 heterocycles. The average molecular weight is 548 g/mol. The molecule has 0 saturated carbocycles. The SMILES string of the molecule is COC(=O)c1cc(F)cc2c1cc(C1(C)CCCN1CC(=O)OC(C)(C)C)n2SI. The lowest BCUT2D eigenvalue weighted by Crippen LogP contribution is -2.44. The van der Waals surface area contributed by atoms with Crippen LogP contribution in [0.4, 0.5) is 4.39 Å². The van der Waals surface area contributed by atoms with E-state index in [1.165, 1.54) is 28.4 Å². The van der Waals surface area contributed by atoms with E-state index in [0.717, 1.165) is 25.1 Å². The molecule has 1 fully saturated rings. The second kappa shape index (κ2) is 8.66. The lowest BCUT2D eigenvalue weighted by Gasteiger charge is -2.35. The van der Waals surface area contributed by atoms with E-state index in [4.69, 9.17) is 9.47 Å². The molecule has 0 N–H and O–H groups in total. The molecule has 1 unspecified atom stereocenters.